The van der Waals surface area contributed by atoms with E-state index >= 15 is 0 Å². The number of halogens is 1. The van der Waals surface area contributed by atoms with E-state index < -0.39 is 21.1 Å². The molecule has 0 aromatic heterocycles. The van der Waals surface area contributed by atoms with Crippen molar-refractivity contribution in [3.8, 4) is 0 Å². The van der Waals surface area contributed by atoms with Crippen LogP contribution in [-0.2, 0) is 14.6 Å². The second kappa shape index (κ2) is 5.14. The van der Waals surface area contributed by atoms with Crippen LogP contribution in [0.1, 0.15) is 11.6 Å². The molecular formula is C11H14ClNO4S. The zero-order valence-electron chi connectivity index (χ0n) is 9.54. The summed E-state index contributed by atoms with van der Waals surface area (Å²) in [6, 6.07) is 3.92. The van der Waals surface area contributed by atoms with Crippen molar-refractivity contribution in [2.45, 2.75) is 16.2 Å². The van der Waals surface area contributed by atoms with Gasteiger partial charge in [0, 0.05) is 0 Å². The fourth-order valence-corrected chi connectivity index (χ4v) is 3.67. The molecule has 0 aliphatic carbocycles. The van der Waals surface area contributed by atoms with Gasteiger partial charge in [-0.15, -0.1) is 0 Å². The van der Waals surface area contributed by atoms with Crippen LogP contribution in [0.4, 0.5) is 0 Å². The predicted octanol–water partition coefficient (Wildman–Crippen LogP) is 0.505. The summed E-state index contributed by atoms with van der Waals surface area (Å²) >= 11 is 5.98. The lowest BCUT2D eigenvalue weighted by atomic mass is 10.1. The van der Waals surface area contributed by atoms with Crippen LogP contribution in [0.2, 0.25) is 5.02 Å². The summed E-state index contributed by atoms with van der Waals surface area (Å²) in [6.45, 7) is 0.187. The van der Waals surface area contributed by atoms with Crippen molar-refractivity contribution in [2.24, 2.45) is 5.73 Å². The lowest BCUT2D eigenvalue weighted by Gasteiger charge is -2.26. The lowest BCUT2D eigenvalue weighted by molar-refractivity contribution is 0.0416. The van der Waals surface area contributed by atoms with E-state index in [2.05, 4.69) is 0 Å². The molecule has 1 aromatic rings. The maximum atomic E-state index is 12.1. The summed E-state index contributed by atoms with van der Waals surface area (Å²) in [6.07, 6.45) is 0. The summed E-state index contributed by atoms with van der Waals surface area (Å²) in [5, 5.41) is 8.55. The van der Waals surface area contributed by atoms with Crippen molar-refractivity contribution in [3.05, 3.63) is 28.8 Å². The minimum absolute atomic E-state index is 0.0892. The van der Waals surface area contributed by atoms with Gasteiger partial charge in [0.05, 0.1) is 35.8 Å². The third-order valence-electron chi connectivity index (χ3n) is 2.93. The average molecular weight is 292 g/mol. The first-order valence-corrected chi connectivity index (χ1v) is 7.36. The van der Waals surface area contributed by atoms with Gasteiger partial charge >= 0.3 is 0 Å². The molecule has 1 aliphatic rings. The molecule has 3 N–H and O–H groups in total. The number of sulfone groups is 1. The molecular weight excluding hydrogens is 278 g/mol. The Morgan fingerprint density at radius 3 is 2.61 bits per heavy atom. The first kappa shape index (κ1) is 13.8. The van der Waals surface area contributed by atoms with Crippen LogP contribution in [0.15, 0.2) is 23.1 Å². The van der Waals surface area contributed by atoms with E-state index in [4.69, 9.17) is 27.2 Å². The van der Waals surface area contributed by atoms with Crippen LogP contribution >= 0.6 is 11.6 Å². The number of rotatable bonds is 4. The molecule has 0 spiro atoms. The first-order chi connectivity index (χ1) is 8.46. The average Bonchev–Trinajstić information content (AvgIpc) is 2.24. The van der Waals surface area contributed by atoms with E-state index in [1.54, 1.807) is 6.07 Å². The largest absolute Gasteiger partial charge is 0.394 e. The number of benzene rings is 1. The van der Waals surface area contributed by atoms with E-state index in [0.717, 1.165) is 0 Å². The van der Waals surface area contributed by atoms with Gasteiger partial charge < -0.3 is 15.6 Å². The number of nitrogens with two attached hydrogens (primary N) is 1. The van der Waals surface area contributed by atoms with Gasteiger partial charge in [-0.2, -0.15) is 0 Å². The predicted molar refractivity (Wildman–Crippen MR) is 67.3 cm³/mol. The molecule has 1 saturated heterocycles. The maximum Gasteiger partial charge on any atom is 0.187 e. The van der Waals surface area contributed by atoms with Crippen molar-refractivity contribution in [1.29, 1.82) is 0 Å². The molecule has 1 aliphatic heterocycles. The molecule has 2 rings (SSSR count). The molecule has 1 heterocycles. The van der Waals surface area contributed by atoms with Gasteiger partial charge in [-0.05, 0) is 17.7 Å². The molecule has 0 amide bonds. The maximum absolute atomic E-state index is 12.1. The van der Waals surface area contributed by atoms with E-state index in [-0.39, 0.29) is 29.7 Å². The molecule has 1 atom stereocenters. The highest BCUT2D eigenvalue weighted by atomic mass is 35.5. The highest BCUT2D eigenvalue weighted by Gasteiger charge is 2.35. The van der Waals surface area contributed by atoms with Crippen molar-refractivity contribution in [1.82, 2.24) is 0 Å². The number of hydrogen-bond acceptors (Lipinski definition) is 5. The second-order valence-electron chi connectivity index (χ2n) is 4.18. The minimum Gasteiger partial charge on any atom is -0.394 e. The van der Waals surface area contributed by atoms with Gasteiger partial charge in [0.15, 0.2) is 9.84 Å². The van der Waals surface area contributed by atoms with Gasteiger partial charge in [-0.1, -0.05) is 17.7 Å². The number of aliphatic hydroxyl groups excluding tert-OH is 1. The fourth-order valence-electron chi connectivity index (χ4n) is 1.66. The third kappa shape index (κ3) is 2.39. The summed E-state index contributed by atoms with van der Waals surface area (Å²) in [7, 11) is -3.44. The van der Waals surface area contributed by atoms with E-state index in [1.165, 1.54) is 12.1 Å². The van der Waals surface area contributed by atoms with Crippen molar-refractivity contribution in [2.75, 3.05) is 19.8 Å². The highest BCUT2D eigenvalue weighted by molar-refractivity contribution is 7.92. The van der Waals surface area contributed by atoms with E-state index in [9.17, 15) is 8.42 Å². The standard InChI is InChI=1S/C11H14ClNO4S/c12-9-3-7(10(13)4-14)1-2-11(9)18(15,16)8-5-17-6-8/h1-3,8,10,14H,4-6,13H2. The number of aliphatic hydroxyl groups is 1. The Labute approximate surface area is 110 Å². The van der Waals surface area contributed by atoms with Crippen molar-refractivity contribution >= 4 is 21.4 Å². The molecule has 0 bridgehead atoms. The molecule has 5 nitrogen and oxygen atoms in total. The SMILES string of the molecule is NC(CO)c1ccc(S(=O)(=O)C2COC2)c(Cl)c1. The van der Waals surface area contributed by atoms with Crippen LogP contribution in [0.5, 0.6) is 0 Å². The highest BCUT2D eigenvalue weighted by Crippen LogP contribution is 2.29. The Balaban J connectivity index is 2.35. The lowest BCUT2D eigenvalue weighted by Crippen LogP contribution is -2.40. The minimum atomic E-state index is -3.44. The van der Waals surface area contributed by atoms with Crippen LogP contribution in [-0.4, -0.2) is 38.6 Å². The molecule has 1 unspecified atom stereocenters. The normalized spacial score (nSPS) is 18.4. The molecule has 0 radical (unpaired) electrons. The molecule has 7 heteroatoms. The first-order valence-electron chi connectivity index (χ1n) is 5.44. The Morgan fingerprint density at radius 1 is 1.50 bits per heavy atom. The Kier molecular flexibility index (Phi) is 3.93. The number of hydrogen-bond donors (Lipinski definition) is 2. The fraction of sp³-hybridized carbons (Fsp3) is 0.455. The Morgan fingerprint density at radius 2 is 2.17 bits per heavy atom. The second-order valence-corrected chi connectivity index (χ2v) is 6.79. The quantitative estimate of drug-likeness (QED) is 0.843. The number of ether oxygens (including phenoxy) is 1. The van der Waals surface area contributed by atoms with Gasteiger partial charge in [-0.3, -0.25) is 0 Å². The van der Waals surface area contributed by atoms with Crippen LogP contribution in [0, 0.1) is 0 Å². The van der Waals surface area contributed by atoms with Gasteiger partial charge in [0.1, 0.15) is 5.25 Å². The van der Waals surface area contributed by atoms with Crippen molar-refractivity contribution in [3.63, 3.8) is 0 Å². The third-order valence-corrected chi connectivity index (χ3v) is 5.48. The molecule has 100 valence electrons. The van der Waals surface area contributed by atoms with Gasteiger partial charge in [-0.25, -0.2) is 8.42 Å². The van der Waals surface area contributed by atoms with Gasteiger partial charge in [0.2, 0.25) is 0 Å². The molecule has 1 fully saturated rings. The topological polar surface area (TPSA) is 89.6 Å². The van der Waals surface area contributed by atoms with Gasteiger partial charge in [0.25, 0.3) is 0 Å². The smallest absolute Gasteiger partial charge is 0.187 e. The summed E-state index contributed by atoms with van der Waals surface area (Å²) in [4.78, 5) is 0.0892. The zero-order chi connectivity index (χ0) is 13.3. The van der Waals surface area contributed by atoms with Crippen LogP contribution in [0.25, 0.3) is 0 Å². The van der Waals surface area contributed by atoms with E-state index in [0.29, 0.717) is 5.56 Å². The monoisotopic (exact) mass is 291 g/mol. The Hall–Kier alpha value is -0.660. The summed E-state index contributed by atoms with van der Waals surface area (Å²) in [5.74, 6) is 0. The Bertz CT molecular complexity index is 542. The zero-order valence-corrected chi connectivity index (χ0v) is 11.1. The molecule has 0 saturated carbocycles. The van der Waals surface area contributed by atoms with Crippen LogP contribution in [0.3, 0.4) is 0 Å². The molecule has 18 heavy (non-hydrogen) atoms. The van der Waals surface area contributed by atoms with Crippen molar-refractivity contribution < 1.29 is 18.3 Å². The van der Waals surface area contributed by atoms with Crippen LogP contribution < -0.4 is 5.73 Å². The molecule has 1 aromatic carbocycles. The summed E-state index contributed by atoms with van der Waals surface area (Å²) in [5.41, 5.74) is 6.24. The van der Waals surface area contributed by atoms with E-state index in [1.807, 2.05) is 0 Å². The summed E-state index contributed by atoms with van der Waals surface area (Å²) < 4.78 is 29.2.